The highest BCUT2D eigenvalue weighted by Crippen LogP contribution is 2.25. The maximum atomic E-state index is 11.9. The maximum absolute atomic E-state index is 11.9. The Morgan fingerprint density at radius 1 is 1.37 bits per heavy atom. The van der Waals surface area contributed by atoms with E-state index >= 15 is 0 Å². The van der Waals surface area contributed by atoms with E-state index in [1.807, 2.05) is 31.4 Å². The first-order valence-electron chi connectivity index (χ1n) is 6.09. The predicted octanol–water partition coefficient (Wildman–Crippen LogP) is 2.61. The van der Waals surface area contributed by atoms with Crippen molar-refractivity contribution in [3.05, 3.63) is 22.4 Å². The van der Waals surface area contributed by atoms with Crippen LogP contribution in [0.3, 0.4) is 0 Å². The standard InChI is InChI=1S/C13H20N2O3S/c1-8(2)10(9-6-5-7-19-9)14-12(18)15-13(3,4)11(16)17/h5-8,10H,1-4H3,(H,16,17)(H2,14,15,18). The molecule has 0 bridgehead atoms. The van der Waals surface area contributed by atoms with Crippen molar-refractivity contribution in [3.8, 4) is 0 Å². The lowest BCUT2D eigenvalue weighted by molar-refractivity contribution is -0.142. The molecule has 6 heteroatoms. The van der Waals surface area contributed by atoms with Gasteiger partial charge in [-0.2, -0.15) is 0 Å². The number of carboxylic acids is 1. The predicted molar refractivity (Wildman–Crippen MR) is 75.3 cm³/mol. The molecule has 0 spiro atoms. The van der Waals surface area contributed by atoms with Crippen molar-refractivity contribution < 1.29 is 14.7 Å². The van der Waals surface area contributed by atoms with Crippen LogP contribution < -0.4 is 10.6 Å². The van der Waals surface area contributed by atoms with E-state index < -0.39 is 17.5 Å². The Kier molecular flexibility index (Phi) is 4.94. The van der Waals surface area contributed by atoms with E-state index in [0.717, 1.165) is 4.88 Å². The van der Waals surface area contributed by atoms with E-state index in [0.29, 0.717) is 0 Å². The second-order valence-corrected chi connectivity index (χ2v) is 6.24. The molecule has 0 aromatic carbocycles. The molecule has 1 heterocycles. The summed E-state index contributed by atoms with van der Waals surface area (Å²) in [6, 6.07) is 3.29. The van der Waals surface area contributed by atoms with Gasteiger partial charge in [0.2, 0.25) is 0 Å². The van der Waals surface area contributed by atoms with Crippen molar-refractivity contribution in [2.75, 3.05) is 0 Å². The Balaban J connectivity index is 2.71. The van der Waals surface area contributed by atoms with Gasteiger partial charge in [-0.25, -0.2) is 9.59 Å². The summed E-state index contributed by atoms with van der Waals surface area (Å²) in [7, 11) is 0. The molecule has 0 fully saturated rings. The number of carbonyl (C=O) groups excluding carboxylic acids is 1. The van der Waals surface area contributed by atoms with E-state index in [1.165, 1.54) is 13.8 Å². The third-order valence-electron chi connectivity index (χ3n) is 2.76. The number of nitrogens with one attached hydrogen (secondary N) is 2. The average molecular weight is 284 g/mol. The molecule has 0 saturated heterocycles. The van der Waals surface area contributed by atoms with Gasteiger partial charge in [0.25, 0.3) is 0 Å². The summed E-state index contributed by atoms with van der Waals surface area (Å²) < 4.78 is 0. The summed E-state index contributed by atoms with van der Waals surface area (Å²) in [6.07, 6.45) is 0. The fraction of sp³-hybridized carbons (Fsp3) is 0.538. The van der Waals surface area contributed by atoms with Crippen molar-refractivity contribution in [1.82, 2.24) is 10.6 Å². The molecule has 19 heavy (non-hydrogen) atoms. The van der Waals surface area contributed by atoms with Gasteiger partial charge in [0.1, 0.15) is 5.54 Å². The van der Waals surface area contributed by atoms with Crippen LogP contribution >= 0.6 is 11.3 Å². The molecule has 2 amide bonds. The fourth-order valence-corrected chi connectivity index (χ4v) is 2.50. The minimum atomic E-state index is -1.29. The lowest BCUT2D eigenvalue weighted by Crippen LogP contribution is -2.54. The van der Waals surface area contributed by atoms with Gasteiger partial charge < -0.3 is 15.7 Å². The SMILES string of the molecule is CC(C)C(NC(=O)NC(C)(C)C(=O)O)c1cccs1. The van der Waals surface area contributed by atoms with Crippen LogP contribution in [0.5, 0.6) is 0 Å². The van der Waals surface area contributed by atoms with Gasteiger partial charge in [-0.15, -0.1) is 11.3 Å². The van der Waals surface area contributed by atoms with Gasteiger partial charge in [0, 0.05) is 4.88 Å². The lowest BCUT2D eigenvalue weighted by Gasteiger charge is -2.26. The van der Waals surface area contributed by atoms with Crippen LogP contribution in [-0.2, 0) is 4.79 Å². The number of carbonyl (C=O) groups is 2. The number of hydrogen-bond donors (Lipinski definition) is 3. The van der Waals surface area contributed by atoms with Gasteiger partial charge in [0.05, 0.1) is 6.04 Å². The monoisotopic (exact) mass is 284 g/mol. The van der Waals surface area contributed by atoms with E-state index in [4.69, 9.17) is 5.11 Å². The number of urea groups is 1. The molecule has 3 N–H and O–H groups in total. The van der Waals surface area contributed by atoms with Crippen LogP contribution in [0.25, 0.3) is 0 Å². The molecule has 0 saturated carbocycles. The Bertz CT molecular complexity index is 441. The second-order valence-electron chi connectivity index (χ2n) is 5.27. The Morgan fingerprint density at radius 3 is 2.42 bits per heavy atom. The summed E-state index contributed by atoms with van der Waals surface area (Å²) in [4.78, 5) is 23.9. The fourth-order valence-electron chi connectivity index (χ4n) is 1.55. The van der Waals surface area contributed by atoms with Crippen molar-refractivity contribution in [3.63, 3.8) is 0 Å². The smallest absolute Gasteiger partial charge is 0.328 e. The zero-order valence-electron chi connectivity index (χ0n) is 11.6. The van der Waals surface area contributed by atoms with Gasteiger partial charge >= 0.3 is 12.0 Å². The Labute approximate surface area is 117 Å². The summed E-state index contributed by atoms with van der Waals surface area (Å²) >= 11 is 1.57. The second kappa shape index (κ2) is 6.06. The quantitative estimate of drug-likeness (QED) is 0.777. The lowest BCUT2D eigenvalue weighted by atomic mass is 10.0. The zero-order valence-corrected chi connectivity index (χ0v) is 12.4. The molecule has 0 aliphatic carbocycles. The van der Waals surface area contributed by atoms with Crippen LogP contribution in [0.4, 0.5) is 4.79 Å². The molecule has 0 aliphatic rings. The molecular formula is C13H20N2O3S. The van der Waals surface area contributed by atoms with Gasteiger partial charge in [-0.3, -0.25) is 0 Å². The molecule has 106 valence electrons. The van der Waals surface area contributed by atoms with Crippen molar-refractivity contribution in [2.45, 2.75) is 39.3 Å². The normalized spacial score (nSPS) is 13.1. The average Bonchev–Trinajstić information content (AvgIpc) is 2.77. The summed E-state index contributed by atoms with van der Waals surface area (Å²) in [5.41, 5.74) is -1.29. The molecule has 1 rings (SSSR count). The number of carboxylic acid groups (broad SMARTS) is 1. The highest BCUT2D eigenvalue weighted by atomic mass is 32.1. The first-order chi connectivity index (χ1) is 8.74. The minimum Gasteiger partial charge on any atom is -0.480 e. The molecule has 1 aromatic heterocycles. The van der Waals surface area contributed by atoms with Crippen LogP contribution in [0.15, 0.2) is 17.5 Å². The van der Waals surface area contributed by atoms with E-state index in [-0.39, 0.29) is 12.0 Å². The van der Waals surface area contributed by atoms with Gasteiger partial charge in [-0.05, 0) is 31.2 Å². The number of rotatable bonds is 5. The van der Waals surface area contributed by atoms with Crippen molar-refractivity contribution in [2.24, 2.45) is 5.92 Å². The maximum Gasteiger partial charge on any atom is 0.328 e. The number of thiophene rings is 1. The van der Waals surface area contributed by atoms with E-state index in [9.17, 15) is 9.59 Å². The first kappa shape index (κ1) is 15.5. The summed E-state index contributed by atoms with van der Waals surface area (Å²) in [5, 5.41) is 16.2. The number of hydrogen-bond acceptors (Lipinski definition) is 3. The van der Waals surface area contributed by atoms with Crippen molar-refractivity contribution >= 4 is 23.3 Å². The van der Waals surface area contributed by atoms with E-state index in [1.54, 1.807) is 11.3 Å². The van der Waals surface area contributed by atoms with Gasteiger partial charge in [0.15, 0.2) is 0 Å². The molecule has 1 aromatic rings. The van der Waals surface area contributed by atoms with Crippen LogP contribution in [-0.4, -0.2) is 22.6 Å². The highest BCUT2D eigenvalue weighted by molar-refractivity contribution is 7.10. The molecule has 1 atom stereocenters. The first-order valence-corrected chi connectivity index (χ1v) is 6.97. The van der Waals surface area contributed by atoms with Crippen LogP contribution in [0, 0.1) is 5.92 Å². The Morgan fingerprint density at radius 2 is 2.00 bits per heavy atom. The topological polar surface area (TPSA) is 78.4 Å². The number of amides is 2. The summed E-state index contributed by atoms with van der Waals surface area (Å²) in [5.74, 6) is -0.850. The molecule has 0 radical (unpaired) electrons. The largest absolute Gasteiger partial charge is 0.480 e. The van der Waals surface area contributed by atoms with Crippen molar-refractivity contribution in [1.29, 1.82) is 0 Å². The third-order valence-corrected chi connectivity index (χ3v) is 3.72. The van der Waals surface area contributed by atoms with Gasteiger partial charge in [-0.1, -0.05) is 19.9 Å². The van der Waals surface area contributed by atoms with Crippen LogP contribution in [0.2, 0.25) is 0 Å². The molecule has 5 nitrogen and oxygen atoms in total. The zero-order chi connectivity index (χ0) is 14.6. The third kappa shape index (κ3) is 4.24. The molecular weight excluding hydrogens is 264 g/mol. The Hall–Kier alpha value is -1.56. The van der Waals surface area contributed by atoms with Crippen LogP contribution in [0.1, 0.15) is 38.6 Å². The molecule has 1 unspecified atom stereocenters. The highest BCUT2D eigenvalue weighted by Gasteiger charge is 2.30. The van der Waals surface area contributed by atoms with E-state index in [2.05, 4.69) is 10.6 Å². The number of aliphatic carboxylic acids is 1. The summed E-state index contributed by atoms with van der Waals surface area (Å²) in [6.45, 7) is 6.91. The minimum absolute atomic E-state index is 0.121. The molecule has 0 aliphatic heterocycles.